The van der Waals surface area contributed by atoms with Crippen molar-refractivity contribution in [2.45, 2.75) is 6.92 Å². The minimum Gasteiger partial charge on any atom is -0.332 e. The molecule has 0 unspecified atom stereocenters. The molecule has 1 heterocycles. The van der Waals surface area contributed by atoms with Crippen molar-refractivity contribution in [2.75, 3.05) is 10.6 Å². The second-order valence-corrected chi connectivity index (χ2v) is 5.34. The second kappa shape index (κ2) is 5.54. The SMILES string of the molecule is Cc1ccc(NC(=S)Nc2nc3ccccc3n2C)cc1. The minimum absolute atomic E-state index is 0.525. The van der Waals surface area contributed by atoms with Crippen LogP contribution in [0.5, 0.6) is 0 Å². The summed E-state index contributed by atoms with van der Waals surface area (Å²) in [6, 6.07) is 16.1. The summed E-state index contributed by atoms with van der Waals surface area (Å²) in [5, 5.41) is 6.82. The number of hydrogen-bond acceptors (Lipinski definition) is 2. The molecule has 3 aromatic rings. The van der Waals surface area contributed by atoms with Crippen LogP contribution in [0.15, 0.2) is 48.5 Å². The van der Waals surface area contributed by atoms with E-state index in [1.54, 1.807) is 0 Å². The number of fused-ring (bicyclic) bond motifs is 1. The van der Waals surface area contributed by atoms with E-state index in [2.05, 4.69) is 22.5 Å². The predicted octanol–water partition coefficient (Wildman–Crippen LogP) is 3.69. The van der Waals surface area contributed by atoms with Gasteiger partial charge in [0.05, 0.1) is 11.0 Å². The first-order chi connectivity index (χ1) is 10.1. The molecule has 0 fully saturated rings. The number of rotatable bonds is 2. The summed E-state index contributed by atoms with van der Waals surface area (Å²) in [7, 11) is 1.96. The Hall–Kier alpha value is -2.40. The Morgan fingerprint density at radius 2 is 1.76 bits per heavy atom. The molecule has 0 radical (unpaired) electrons. The maximum absolute atomic E-state index is 5.34. The van der Waals surface area contributed by atoms with Gasteiger partial charge in [0, 0.05) is 12.7 Å². The van der Waals surface area contributed by atoms with Crippen LogP contribution in [-0.2, 0) is 7.05 Å². The zero-order chi connectivity index (χ0) is 14.8. The van der Waals surface area contributed by atoms with Crippen molar-refractivity contribution in [3.63, 3.8) is 0 Å². The van der Waals surface area contributed by atoms with Gasteiger partial charge in [-0.15, -0.1) is 0 Å². The van der Waals surface area contributed by atoms with Crippen molar-refractivity contribution in [3.05, 3.63) is 54.1 Å². The zero-order valence-electron chi connectivity index (χ0n) is 11.9. The fraction of sp³-hybridized carbons (Fsp3) is 0.125. The molecule has 0 spiro atoms. The summed E-state index contributed by atoms with van der Waals surface area (Å²) in [5.74, 6) is 0.723. The van der Waals surface area contributed by atoms with E-state index >= 15 is 0 Å². The lowest BCUT2D eigenvalue weighted by atomic mass is 10.2. The van der Waals surface area contributed by atoms with Gasteiger partial charge in [-0.3, -0.25) is 0 Å². The average Bonchev–Trinajstić information content (AvgIpc) is 2.78. The van der Waals surface area contributed by atoms with Crippen LogP contribution >= 0.6 is 12.2 Å². The second-order valence-electron chi connectivity index (χ2n) is 4.93. The molecule has 3 rings (SSSR count). The first kappa shape index (κ1) is 13.6. The zero-order valence-corrected chi connectivity index (χ0v) is 12.7. The van der Waals surface area contributed by atoms with Crippen LogP contribution in [0.2, 0.25) is 0 Å². The lowest BCUT2D eigenvalue weighted by molar-refractivity contribution is 0.962. The number of imidazole rings is 1. The fourth-order valence-electron chi connectivity index (χ4n) is 2.16. The van der Waals surface area contributed by atoms with Crippen LogP contribution in [-0.4, -0.2) is 14.7 Å². The van der Waals surface area contributed by atoms with E-state index in [-0.39, 0.29) is 0 Å². The first-order valence-corrected chi connectivity index (χ1v) is 7.10. The molecule has 5 heteroatoms. The number of hydrogen-bond donors (Lipinski definition) is 2. The van der Waals surface area contributed by atoms with Crippen molar-refractivity contribution in [3.8, 4) is 0 Å². The number of thiocarbonyl (C=S) groups is 1. The van der Waals surface area contributed by atoms with E-state index in [4.69, 9.17) is 12.2 Å². The molecular weight excluding hydrogens is 280 g/mol. The van der Waals surface area contributed by atoms with Gasteiger partial charge in [0.1, 0.15) is 0 Å². The van der Waals surface area contributed by atoms with Gasteiger partial charge in [-0.05, 0) is 43.4 Å². The van der Waals surface area contributed by atoms with Crippen molar-refractivity contribution < 1.29 is 0 Å². The molecule has 21 heavy (non-hydrogen) atoms. The highest BCUT2D eigenvalue weighted by atomic mass is 32.1. The van der Waals surface area contributed by atoms with E-state index in [0.717, 1.165) is 22.7 Å². The Kier molecular flexibility index (Phi) is 3.58. The number of benzene rings is 2. The number of nitrogens with zero attached hydrogens (tertiary/aromatic N) is 2. The summed E-state index contributed by atoms with van der Waals surface area (Å²) in [5.41, 5.74) is 4.19. The van der Waals surface area contributed by atoms with Crippen LogP contribution < -0.4 is 10.6 Å². The molecule has 0 atom stereocenters. The Bertz CT molecular complexity index is 790. The summed E-state index contributed by atoms with van der Waals surface area (Å²) in [6.45, 7) is 2.06. The average molecular weight is 296 g/mol. The van der Waals surface area contributed by atoms with E-state index in [0.29, 0.717) is 5.11 Å². The van der Waals surface area contributed by atoms with E-state index in [1.807, 2.05) is 60.1 Å². The lowest BCUT2D eigenvalue weighted by Crippen LogP contribution is -2.21. The molecule has 4 nitrogen and oxygen atoms in total. The van der Waals surface area contributed by atoms with Gasteiger partial charge >= 0.3 is 0 Å². The number of anilines is 2. The molecule has 0 bridgehead atoms. The van der Waals surface area contributed by atoms with Crippen LogP contribution in [0.3, 0.4) is 0 Å². The summed E-state index contributed by atoms with van der Waals surface area (Å²) >= 11 is 5.34. The monoisotopic (exact) mass is 296 g/mol. The van der Waals surface area contributed by atoms with Crippen LogP contribution in [0.1, 0.15) is 5.56 Å². The number of aryl methyl sites for hydroxylation is 2. The third-order valence-corrected chi connectivity index (χ3v) is 3.53. The van der Waals surface area contributed by atoms with E-state index < -0.39 is 0 Å². The normalized spacial score (nSPS) is 10.6. The third kappa shape index (κ3) is 2.87. The van der Waals surface area contributed by atoms with Gasteiger partial charge in [0.2, 0.25) is 5.95 Å². The Labute approximate surface area is 128 Å². The number of para-hydroxylation sites is 2. The standard InChI is InChI=1S/C16H16N4S/c1-11-7-9-12(10-8-11)17-16(21)19-15-18-13-5-3-4-6-14(13)20(15)2/h3-10H,1-2H3,(H2,17,18,19,21). The maximum atomic E-state index is 5.34. The minimum atomic E-state index is 0.525. The Balaban J connectivity index is 1.77. The highest BCUT2D eigenvalue weighted by Crippen LogP contribution is 2.18. The van der Waals surface area contributed by atoms with Crippen molar-refractivity contribution >= 4 is 40.0 Å². The molecular formula is C16H16N4S. The number of aromatic nitrogens is 2. The quantitative estimate of drug-likeness (QED) is 0.708. The molecule has 106 valence electrons. The molecule has 0 amide bonds. The summed E-state index contributed by atoms with van der Waals surface area (Å²) < 4.78 is 1.98. The van der Waals surface area contributed by atoms with Gasteiger partial charge in [0.25, 0.3) is 0 Å². The highest BCUT2D eigenvalue weighted by molar-refractivity contribution is 7.80. The van der Waals surface area contributed by atoms with Crippen LogP contribution in [0, 0.1) is 6.92 Å². The maximum Gasteiger partial charge on any atom is 0.209 e. The molecule has 2 N–H and O–H groups in total. The summed E-state index contributed by atoms with van der Waals surface area (Å²) in [6.07, 6.45) is 0. The first-order valence-electron chi connectivity index (χ1n) is 6.69. The van der Waals surface area contributed by atoms with Gasteiger partial charge in [0.15, 0.2) is 5.11 Å². The van der Waals surface area contributed by atoms with Gasteiger partial charge in [-0.25, -0.2) is 4.98 Å². The lowest BCUT2D eigenvalue weighted by Gasteiger charge is -2.10. The van der Waals surface area contributed by atoms with Crippen LogP contribution in [0.25, 0.3) is 11.0 Å². The Morgan fingerprint density at radius 1 is 1.05 bits per heavy atom. The van der Waals surface area contributed by atoms with Crippen molar-refractivity contribution in [1.29, 1.82) is 0 Å². The Morgan fingerprint density at radius 3 is 2.48 bits per heavy atom. The van der Waals surface area contributed by atoms with Gasteiger partial charge in [-0.1, -0.05) is 29.8 Å². The van der Waals surface area contributed by atoms with Crippen molar-refractivity contribution in [1.82, 2.24) is 9.55 Å². The molecule has 0 aliphatic rings. The number of nitrogens with one attached hydrogen (secondary N) is 2. The molecule has 0 saturated heterocycles. The van der Waals surface area contributed by atoms with Crippen LogP contribution in [0.4, 0.5) is 11.6 Å². The van der Waals surface area contributed by atoms with E-state index in [1.165, 1.54) is 5.56 Å². The molecule has 0 aliphatic carbocycles. The fourth-order valence-corrected chi connectivity index (χ4v) is 2.37. The molecule has 0 saturated carbocycles. The topological polar surface area (TPSA) is 41.9 Å². The predicted molar refractivity (Wildman–Crippen MR) is 91.7 cm³/mol. The van der Waals surface area contributed by atoms with Crippen molar-refractivity contribution in [2.24, 2.45) is 7.05 Å². The van der Waals surface area contributed by atoms with Gasteiger partial charge in [-0.2, -0.15) is 0 Å². The largest absolute Gasteiger partial charge is 0.332 e. The van der Waals surface area contributed by atoms with Gasteiger partial charge < -0.3 is 15.2 Å². The smallest absolute Gasteiger partial charge is 0.209 e. The van der Waals surface area contributed by atoms with E-state index in [9.17, 15) is 0 Å². The molecule has 2 aromatic carbocycles. The summed E-state index contributed by atoms with van der Waals surface area (Å²) in [4.78, 5) is 4.53. The third-order valence-electron chi connectivity index (χ3n) is 3.32. The molecule has 0 aliphatic heterocycles. The highest BCUT2D eigenvalue weighted by Gasteiger charge is 2.08. The molecule has 1 aromatic heterocycles.